The van der Waals surface area contributed by atoms with E-state index in [2.05, 4.69) is 4.90 Å². The summed E-state index contributed by atoms with van der Waals surface area (Å²) in [6.45, 7) is 2.34. The zero-order valence-electron chi connectivity index (χ0n) is 15.0. The minimum atomic E-state index is -1.03. The minimum Gasteiger partial charge on any atom is -0.348 e. The van der Waals surface area contributed by atoms with Crippen molar-refractivity contribution in [2.75, 3.05) is 13.2 Å². The van der Waals surface area contributed by atoms with E-state index < -0.39 is 5.06 Å². The van der Waals surface area contributed by atoms with Crippen LogP contribution in [0.15, 0.2) is 24.3 Å². The first-order chi connectivity index (χ1) is 12.0. The smallest absolute Gasteiger partial charge is 0.226 e. The number of ether oxygens (including phenoxy) is 1. The van der Waals surface area contributed by atoms with Gasteiger partial charge in [-0.25, -0.2) is 0 Å². The Morgan fingerprint density at radius 1 is 1.28 bits per heavy atom. The third-order valence-corrected chi connectivity index (χ3v) is 6.20. The van der Waals surface area contributed by atoms with Gasteiger partial charge in [-0.05, 0) is 38.7 Å². The van der Waals surface area contributed by atoms with Crippen molar-refractivity contribution in [1.82, 2.24) is 4.90 Å². The van der Waals surface area contributed by atoms with Crippen molar-refractivity contribution in [1.29, 1.82) is 0 Å². The van der Waals surface area contributed by atoms with E-state index in [9.17, 15) is 9.59 Å². The standard InChI is InChI=1S/C20H28ClNO3/c1-15(23)14-25-20(21)11-6-5-7-17(20)13-16-10-12-22(19(16)24)18-8-3-2-4-9-18/h5-7,11,16-18H,2-4,8-10,12-14H2,1H3. The highest BCUT2D eigenvalue weighted by molar-refractivity contribution is 6.24. The van der Waals surface area contributed by atoms with Crippen molar-refractivity contribution in [3.63, 3.8) is 0 Å². The molecule has 0 aromatic heterocycles. The summed E-state index contributed by atoms with van der Waals surface area (Å²) in [5, 5.41) is -1.03. The number of carbonyl (C=O) groups excluding carboxylic acids is 2. The van der Waals surface area contributed by atoms with Crippen LogP contribution < -0.4 is 0 Å². The number of rotatable bonds is 6. The highest BCUT2D eigenvalue weighted by atomic mass is 35.5. The number of amides is 1. The van der Waals surface area contributed by atoms with Gasteiger partial charge in [-0.2, -0.15) is 0 Å². The van der Waals surface area contributed by atoms with Crippen LogP contribution >= 0.6 is 11.6 Å². The molecule has 1 aliphatic heterocycles. The molecule has 25 heavy (non-hydrogen) atoms. The van der Waals surface area contributed by atoms with Gasteiger partial charge in [0.05, 0.1) is 0 Å². The van der Waals surface area contributed by atoms with Gasteiger partial charge in [-0.15, -0.1) is 0 Å². The number of alkyl halides is 1. The topological polar surface area (TPSA) is 46.6 Å². The lowest BCUT2D eigenvalue weighted by molar-refractivity contribution is -0.134. The molecule has 0 spiro atoms. The summed E-state index contributed by atoms with van der Waals surface area (Å²) < 4.78 is 5.69. The second kappa shape index (κ2) is 8.05. The number of Topliss-reactive ketones (excluding diaryl/α,β-unsaturated/α-hetero) is 1. The quantitative estimate of drug-likeness (QED) is 0.672. The molecule has 1 saturated carbocycles. The van der Waals surface area contributed by atoms with Crippen LogP contribution in [0.3, 0.4) is 0 Å². The molecular weight excluding hydrogens is 338 g/mol. The molecule has 3 unspecified atom stereocenters. The number of likely N-dealkylation sites (tertiary alicyclic amines) is 1. The van der Waals surface area contributed by atoms with E-state index in [1.165, 1.54) is 26.2 Å². The predicted octanol–water partition coefficient (Wildman–Crippen LogP) is 3.84. The third-order valence-electron chi connectivity index (χ3n) is 5.68. The van der Waals surface area contributed by atoms with E-state index in [1.807, 2.05) is 18.2 Å². The fraction of sp³-hybridized carbons (Fsp3) is 0.700. The Hall–Kier alpha value is -1.13. The van der Waals surface area contributed by atoms with E-state index in [-0.39, 0.29) is 30.1 Å². The zero-order chi connectivity index (χ0) is 17.9. The Bertz CT molecular complexity index is 567. The summed E-state index contributed by atoms with van der Waals surface area (Å²) in [6, 6.07) is 0.433. The minimum absolute atomic E-state index is 0.00197. The van der Waals surface area contributed by atoms with Crippen molar-refractivity contribution < 1.29 is 14.3 Å². The molecule has 2 aliphatic carbocycles. The van der Waals surface area contributed by atoms with E-state index in [0.717, 1.165) is 25.8 Å². The summed E-state index contributed by atoms with van der Waals surface area (Å²) in [5.74, 6) is 0.128. The lowest BCUT2D eigenvalue weighted by Crippen LogP contribution is -2.40. The molecule has 0 aromatic carbocycles. The third kappa shape index (κ3) is 4.35. The average Bonchev–Trinajstić information content (AvgIpc) is 2.97. The SMILES string of the molecule is CC(=O)COC1(Cl)C=CC=CC1CC1CCN(C2CCCCC2)C1=O. The maximum atomic E-state index is 12.9. The van der Waals surface area contributed by atoms with E-state index >= 15 is 0 Å². The van der Waals surface area contributed by atoms with E-state index in [4.69, 9.17) is 16.3 Å². The molecule has 1 amide bonds. The number of hydrogen-bond donors (Lipinski definition) is 0. The average molecular weight is 366 g/mol. The molecule has 3 rings (SSSR count). The Morgan fingerprint density at radius 2 is 2.04 bits per heavy atom. The first kappa shape index (κ1) is 18.7. The summed E-state index contributed by atoms with van der Waals surface area (Å²) in [5.41, 5.74) is 0. The van der Waals surface area contributed by atoms with Gasteiger partial charge in [0.15, 0.2) is 10.8 Å². The van der Waals surface area contributed by atoms with Crippen LogP contribution in [-0.2, 0) is 14.3 Å². The fourth-order valence-corrected chi connectivity index (χ4v) is 4.58. The number of halogens is 1. The summed E-state index contributed by atoms with van der Waals surface area (Å²) in [7, 11) is 0. The molecule has 2 fully saturated rings. The van der Waals surface area contributed by atoms with Crippen LogP contribution in [0.2, 0.25) is 0 Å². The zero-order valence-corrected chi connectivity index (χ0v) is 15.7. The largest absolute Gasteiger partial charge is 0.348 e. The maximum absolute atomic E-state index is 12.9. The molecule has 0 aromatic rings. The first-order valence-electron chi connectivity index (χ1n) is 9.48. The number of allylic oxidation sites excluding steroid dienone is 2. The lowest BCUT2D eigenvalue weighted by atomic mass is 9.86. The number of carbonyl (C=O) groups is 2. The molecule has 0 N–H and O–H groups in total. The Kier molecular flexibility index (Phi) is 6.00. The van der Waals surface area contributed by atoms with E-state index in [1.54, 1.807) is 6.08 Å². The van der Waals surface area contributed by atoms with Gasteiger partial charge in [0.1, 0.15) is 6.61 Å². The summed E-state index contributed by atoms with van der Waals surface area (Å²) in [6.07, 6.45) is 15.2. The van der Waals surface area contributed by atoms with Crippen LogP contribution in [0.1, 0.15) is 51.9 Å². The number of ketones is 1. The van der Waals surface area contributed by atoms with Crippen LogP contribution in [0.4, 0.5) is 0 Å². The number of hydrogen-bond acceptors (Lipinski definition) is 3. The van der Waals surface area contributed by atoms with Crippen LogP contribution in [0.25, 0.3) is 0 Å². The molecule has 0 radical (unpaired) electrons. The predicted molar refractivity (Wildman–Crippen MR) is 98.3 cm³/mol. The van der Waals surface area contributed by atoms with Gasteiger partial charge in [-0.1, -0.05) is 49.1 Å². The molecular formula is C20H28ClNO3. The second-order valence-electron chi connectivity index (χ2n) is 7.58. The fourth-order valence-electron chi connectivity index (χ4n) is 4.29. The normalized spacial score (nSPS) is 33.2. The van der Waals surface area contributed by atoms with Crippen LogP contribution in [0, 0.1) is 11.8 Å². The van der Waals surface area contributed by atoms with Gasteiger partial charge in [-0.3, -0.25) is 9.59 Å². The number of nitrogens with zero attached hydrogens (tertiary/aromatic N) is 1. The van der Waals surface area contributed by atoms with Crippen LogP contribution in [0.5, 0.6) is 0 Å². The summed E-state index contributed by atoms with van der Waals surface area (Å²) >= 11 is 6.66. The Labute approximate surface area is 155 Å². The van der Waals surface area contributed by atoms with Crippen LogP contribution in [-0.4, -0.2) is 40.8 Å². The molecule has 4 nitrogen and oxygen atoms in total. The molecule has 5 heteroatoms. The van der Waals surface area contributed by atoms with Gasteiger partial charge in [0, 0.05) is 24.4 Å². The van der Waals surface area contributed by atoms with Gasteiger partial charge < -0.3 is 9.64 Å². The molecule has 0 bridgehead atoms. The maximum Gasteiger partial charge on any atom is 0.226 e. The van der Waals surface area contributed by atoms with Gasteiger partial charge in [0.25, 0.3) is 0 Å². The monoisotopic (exact) mass is 365 g/mol. The second-order valence-corrected chi connectivity index (χ2v) is 8.17. The van der Waals surface area contributed by atoms with Gasteiger partial charge >= 0.3 is 0 Å². The van der Waals surface area contributed by atoms with Crippen molar-refractivity contribution >= 4 is 23.3 Å². The highest BCUT2D eigenvalue weighted by Crippen LogP contribution is 2.40. The highest BCUT2D eigenvalue weighted by Gasteiger charge is 2.42. The first-order valence-corrected chi connectivity index (χ1v) is 9.86. The molecule has 138 valence electrons. The molecule has 3 aliphatic rings. The van der Waals surface area contributed by atoms with Gasteiger partial charge in [0.2, 0.25) is 5.91 Å². The lowest BCUT2D eigenvalue weighted by Gasteiger charge is -2.34. The van der Waals surface area contributed by atoms with E-state index in [0.29, 0.717) is 12.5 Å². The van der Waals surface area contributed by atoms with Crippen molar-refractivity contribution in [3.05, 3.63) is 24.3 Å². The molecule has 1 saturated heterocycles. The summed E-state index contributed by atoms with van der Waals surface area (Å²) in [4.78, 5) is 26.3. The Balaban J connectivity index is 1.62. The Morgan fingerprint density at radius 3 is 2.76 bits per heavy atom. The van der Waals surface area contributed by atoms with Crippen molar-refractivity contribution in [3.8, 4) is 0 Å². The van der Waals surface area contributed by atoms with Crippen molar-refractivity contribution in [2.45, 2.75) is 63.0 Å². The molecule has 1 heterocycles. The molecule has 3 atom stereocenters. The van der Waals surface area contributed by atoms with Crippen molar-refractivity contribution in [2.24, 2.45) is 11.8 Å².